The molecule has 0 radical (unpaired) electrons. The van der Waals surface area contributed by atoms with Crippen LogP contribution in [0.25, 0.3) is 11.0 Å². The largest absolute Gasteiger partial charge is 0.354 e. The molecule has 3 heterocycles. The average molecular weight is 369 g/mol. The Morgan fingerprint density at radius 3 is 2.41 bits per heavy atom. The summed E-state index contributed by atoms with van der Waals surface area (Å²) in [6.45, 7) is 4.86. The Bertz CT molecular complexity index is 1230. The quantitative estimate of drug-likeness (QED) is 0.669. The minimum absolute atomic E-state index is 0.128. The molecule has 27 heavy (non-hydrogen) atoms. The third kappa shape index (κ3) is 2.86. The highest BCUT2D eigenvalue weighted by Crippen LogP contribution is 2.20. The van der Waals surface area contributed by atoms with Gasteiger partial charge in [-0.15, -0.1) is 0 Å². The van der Waals surface area contributed by atoms with Crippen LogP contribution < -0.4 is 16.6 Å². The van der Waals surface area contributed by atoms with Crippen molar-refractivity contribution in [3.63, 3.8) is 0 Å². The first-order valence-corrected chi connectivity index (χ1v) is 8.20. The Morgan fingerprint density at radius 1 is 1.15 bits per heavy atom. The molecule has 0 aliphatic heterocycles. The number of aromatic amines is 1. The number of Topliss-reactive ketones (excluding diaryl/α,β-unsaturated/α-hetero) is 1. The summed E-state index contributed by atoms with van der Waals surface area (Å²) in [4.78, 5) is 55.7. The number of anilines is 1. The van der Waals surface area contributed by atoms with Crippen LogP contribution in [0.15, 0.2) is 21.9 Å². The van der Waals surface area contributed by atoms with Crippen LogP contribution in [0.1, 0.15) is 39.0 Å². The summed E-state index contributed by atoms with van der Waals surface area (Å²) in [7, 11) is 2.90. The second-order valence-electron chi connectivity index (χ2n) is 6.44. The molecule has 0 spiro atoms. The van der Waals surface area contributed by atoms with Gasteiger partial charge in [0.25, 0.3) is 11.5 Å². The second-order valence-corrected chi connectivity index (χ2v) is 6.44. The number of H-pyrrole nitrogens is 1. The molecule has 2 N–H and O–H groups in total. The van der Waals surface area contributed by atoms with Crippen molar-refractivity contribution in [2.24, 2.45) is 14.1 Å². The fraction of sp³-hybridized carbons (Fsp3) is 0.278. The maximum atomic E-state index is 12.6. The third-order valence-electron chi connectivity index (χ3n) is 4.57. The number of hydrogen-bond donors (Lipinski definition) is 2. The monoisotopic (exact) mass is 369 g/mol. The summed E-state index contributed by atoms with van der Waals surface area (Å²) in [6, 6.07) is 1.47. The van der Waals surface area contributed by atoms with Gasteiger partial charge in [-0.2, -0.15) is 0 Å². The topological polar surface area (TPSA) is 119 Å². The lowest BCUT2D eigenvalue weighted by Gasteiger charge is -2.09. The van der Waals surface area contributed by atoms with E-state index in [0.29, 0.717) is 22.5 Å². The number of fused-ring (bicyclic) bond motifs is 1. The van der Waals surface area contributed by atoms with Crippen LogP contribution in [-0.4, -0.2) is 30.8 Å². The molecule has 0 aromatic carbocycles. The Balaban J connectivity index is 2.04. The van der Waals surface area contributed by atoms with E-state index in [2.05, 4.69) is 15.3 Å². The van der Waals surface area contributed by atoms with E-state index in [1.54, 1.807) is 13.8 Å². The predicted molar refractivity (Wildman–Crippen MR) is 100 cm³/mol. The fourth-order valence-corrected chi connectivity index (χ4v) is 3.23. The normalized spacial score (nSPS) is 11.0. The first-order chi connectivity index (χ1) is 12.6. The maximum Gasteiger partial charge on any atom is 0.332 e. The van der Waals surface area contributed by atoms with Crippen molar-refractivity contribution in [1.82, 2.24) is 19.1 Å². The molecule has 0 bridgehead atoms. The minimum atomic E-state index is -0.498. The highest BCUT2D eigenvalue weighted by atomic mass is 16.2. The molecular weight excluding hydrogens is 350 g/mol. The number of aryl methyl sites for hydroxylation is 2. The van der Waals surface area contributed by atoms with E-state index in [4.69, 9.17) is 0 Å². The van der Waals surface area contributed by atoms with E-state index in [-0.39, 0.29) is 22.5 Å². The second kappa shape index (κ2) is 6.35. The van der Waals surface area contributed by atoms with Gasteiger partial charge in [-0.25, -0.2) is 9.78 Å². The van der Waals surface area contributed by atoms with Crippen molar-refractivity contribution < 1.29 is 9.59 Å². The summed E-state index contributed by atoms with van der Waals surface area (Å²) in [5.74, 6) is -0.581. The smallest absolute Gasteiger partial charge is 0.332 e. The predicted octanol–water partition coefficient (Wildman–Crippen LogP) is 1.03. The van der Waals surface area contributed by atoms with Crippen LogP contribution in [0, 0.1) is 13.8 Å². The first-order valence-electron chi connectivity index (χ1n) is 8.20. The SMILES string of the molecule is CC(=O)c1c(C)[nH]c(C(=O)Nc2cnc3c(c2)c(=O)n(C)c(=O)n3C)c1C. The fourth-order valence-electron chi connectivity index (χ4n) is 3.23. The number of rotatable bonds is 3. The zero-order valence-corrected chi connectivity index (χ0v) is 15.6. The molecule has 0 aliphatic rings. The van der Waals surface area contributed by atoms with Crippen molar-refractivity contribution >= 4 is 28.4 Å². The number of ketones is 1. The van der Waals surface area contributed by atoms with Gasteiger partial charge in [0.05, 0.1) is 17.3 Å². The summed E-state index contributed by atoms with van der Waals surface area (Å²) >= 11 is 0. The number of carbonyl (C=O) groups is 2. The Morgan fingerprint density at radius 2 is 1.81 bits per heavy atom. The zero-order chi connectivity index (χ0) is 20.0. The van der Waals surface area contributed by atoms with Crippen molar-refractivity contribution in [1.29, 1.82) is 0 Å². The molecule has 0 atom stereocenters. The van der Waals surface area contributed by atoms with Crippen molar-refractivity contribution in [2.45, 2.75) is 20.8 Å². The van der Waals surface area contributed by atoms with E-state index in [0.717, 1.165) is 4.57 Å². The number of pyridine rings is 1. The Hall–Kier alpha value is -3.49. The molecule has 3 aromatic rings. The number of nitrogens with one attached hydrogen (secondary N) is 2. The van der Waals surface area contributed by atoms with E-state index >= 15 is 0 Å². The lowest BCUT2D eigenvalue weighted by atomic mass is 10.1. The van der Waals surface area contributed by atoms with Gasteiger partial charge in [0, 0.05) is 25.4 Å². The van der Waals surface area contributed by atoms with Gasteiger partial charge < -0.3 is 10.3 Å². The van der Waals surface area contributed by atoms with Gasteiger partial charge in [-0.1, -0.05) is 0 Å². The van der Waals surface area contributed by atoms with E-state index < -0.39 is 17.2 Å². The van der Waals surface area contributed by atoms with Gasteiger partial charge in [0.15, 0.2) is 5.78 Å². The van der Waals surface area contributed by atoms with Crippen molar-refractivity contribution in [3.8, 4) is 0 Å². The molecule has 1 amide bonds. The van der Waals surface area contributed by atoms with Crippen molar-refractivity contribution in [3.05, 3.63) is 55.6 Å². The molecule has 0 aliphatic carbocycles. The van der Waals surface area contributed by atoms with Gasteiger partial charge in [0.2, 0.25) is 0 Å². The van der Waals surface area contributed by atoms with Crippen LogP contribution in [0.4, 0.5) is 5.69 Å². The van der Waals surface area contributed by atoms with Gasteiger partial charge >= 0.3 is 5.69 Å². The number of aromatic nitrogens is 4. The first kappa shape index (κ1) is 18.3. The molecule has 3 rings (SSSR count). The summed E-state index contributed by atoms with van der Waals surface area (Å²) in [5.41, 5.74) is 1.49. The molecule has 140 valence electrons. The molecule has 0 unspecified atom stereocenters. The van der Waals surface area contributed by atoms with E-state index in [1.807, 2.05) is 0 Å². The number of nitrogens with zero attached hydrogens (tertiary/aromatic N) is 3. The van der Waals surface area contributed by atoms with Crippen LogP contribution in [-0.2, 0) is 14.1 Å². The zero-order valence-electron chi connectivity index (χ0n) is 15.6. The number of hydrogen-bond acceptors (Lipinski definition) is 5. The lowest BCUT2D eigenvalue weighted by molar-refractivity contribution is 0.101. The Labute approximate surface area is 153 Å². The average Bonchev–Trinajstić information content (AvgIpc) is 2.92. The number of carbonyl (C=O) groups excluding carboxylic acids is 2. The standard InChI is InChI=1S/C18H19N5O4/c1-8-13(10(3)24)9(2)20-14(8)16(25)21-11-6-12-15(19-7-11)22(4)18(27)23(5)17(12)26/h6-7,20H,1-5H3,(H,21,25). The van der Waals surface area contributed by atoms with Gasteiger partial charge in [-0.05, 0) is 32.4 Å². The van der Waals surface area contributed by atoms with E-state index in [9.17, 15) is 19.2 Å². The minimum Gasteiger partial charge on any atom is -0.354 e. The van der Waals surface area contributed by atoms with Crippen LogP contribution >= 0.6 is 0 Å². The summed E-state index contributed by atoms with van der Waals surface area (Å²) in [6.07, 6.45) is 1.37. The highest BCUT2D eigenvalue weighted by molar-refractivity contribution is 6.08. The molecule has 9 heteroatoms. The van der Waals surface area contributed by atoms with E-state index in [1.165, 1.54) is 37.8 Å². The molecule has 0 fully saturated rings. The Kier molecular flexibility index (Phi) is 4.30. The molecule has 0 saturated heterocycles. The molecule has 0 saturated carbocycles. The summed E-state index contributed by atoms with van der Waals surface area (Å²) in [5, 5.41) is 2.88. The lowest BCUT2D eigenvalue weighted by Crippen LogP contribution is -2.37. The number of amides is 1. The molecular formula is C18H19N5O4. The molecule has 9 nitrogen and oxygen atoms in total. The van der Waals surface area contributed by atoms with Crippen LogP contribution in [0.3, 0.4) is 0 Å². The third-order valence-corrected chi connectivity index (χ3v) is 4.57. The van der Waals surface area contributed by atoms with Gasteiger partial charge in [0.1, 0.15) is 11.3 Å². The van der Waals surface area contributed by atoms with Gasteiger partial charge in [-0.3, -0.25) is 23.5 Å². The maximum absolute atomic E-state index is 12.6. The molecule has 3 aromatic heterocycles. The van der Waals surface area contributed by atoms with Crippen LogP contribution in [0.5, 0.6) is 0 Å². The van der Waals surface area contributed by atoms with Crippen LogP contribution in [0.2, 0.25) is 0 Å². The highest BCUT2D eigenvalue weighted by Gasteiger charge is 2.20. The van der Waals surface area contributed by atoms with Crippen molar-refractivity contribution in [2.75, 3.05) is 5.32 Å². The summed E-state index contributed by atoms with van der Waals surface area (Å²) < 4.78 is 2.24.